The zero-order valence-corrected chi connectivity index (χ0v) is 9.92. The Morgan fingerprint density at radius 3 is 3.00 bits per heavy atom. The first-order valence-corrected chi connectivity index (χ1v) is 5.36. The molecule has 8 heteroatoms. The van der Waals surface area contributed by atoms with Crippen molar-refractivity contribution in [3.63, 3.8) is 0 Å². The smallest absolute Gasteiger partial charge is 0.404 e. The van der Waals surface area contributed by atoms with Crippen molar-refractivity contribution in [3.8, 4) is 5.82 Å². The molecule has 0 aromatic carbocycles. The topological polar surface area (TPSA) is 106 Å². The van der Waals surface area contributed by atoms with Crippen molar-refractivity contribution in [1.82, 2.24) is 20.1 Å². The molecule has 0 unspecified atom stereocenters. The minimum absolute atomic E-state index is 0.169. The number of carboxylic acid groups (broad SMARTS) is 1. The Kier molecular flexibility index (Phi) is 3.33. The highest BCUT2D eigenvalue weighted by atomic mass is 35.5. The molecule has 0 fully saturated rings. The van der Waals surface area contributed by atoms with Crippen LogP contribution in [0.5, 0.6) is 0 Å². The number of anilines is 1. The van der Waals surface area contributed by atoms with E-state index in [-0.39, 0.29) is 6.54 Å². The number of amides is 1. The van der Waals surface area contributed by atoms with E-state index in [2.05, 4.69) is 15.4 Å². The van der Waals surface area contributed by atoms with Crippen LogP contribution in [0.1, 0.15) is 5.56 Å². The van der Waals surface area contributed by atoms with Crippen LogP contribution >= 0.6 is 11.6 Å². The Bertz CT molecular complexity index is 583. The lowest BCUT2D eigenvalue weighted by atomic mass is 10.3. The van der Waals surface area contributed by atoms with Crippen LogP contribution in [0.25, 0.3) is 5.82 Å². The second-order valence-corrected chi connectivity index (χ2v) is 3.93. The molecular formula is C10H10ClN5O2. The fraction of sp³-hybridized carbons (Fsp3) is 0.100. The minimum atomic E-state index is -1.09. The van der Waals surface area contributed by atoms with E-state index in [4.69, 9.17) is 22.4 Å². The molecule has 0 aliphatic rings. The second-order valence-electron chi connectivity index (χ2n) is 3.53. The van der Waals surface area contributed by atoms with Crippen molar-refractivity contribution in [1.29, 1.82) is 0 Å². The van der Waals surface area contributed by atoms with Crippen LogP contribution in [-0.4, -0.2) is 26.0 Å². The molecule has 2 aromatic rings. The Balaban J connectivity index is 2.21. The van der Waals surface area contributed by atoms with Gasteiger partial charge in [0.15, 0.2) is 5.82 Å². The van der Waals surface area contributed by atoms with Gasteiger partial charge >= 0.3 is 6.09 Å². The molecule has 1 amide bonds. The van der Waals surface area contributed by atoms with Gasteiger partial charge in [0, 0.05) is 18.3 Å². The largest absolute Gasteiger partial charge is 0.465 e. The summed E-state index contributed by atoms with van der Waals surface area (Å²) in [6, 6.07) is 1.57. The summed E-state index contributed by atoms with van der Waals surface area (Å²) >= 11 is 5.99. The summed E-state index contributed by atoms with van der Waals surface area (Å²) in [6.45, 7) is 0.169. The van der Waals surface area contributed by atoms with Gasteiger partial charge in [-0.15, -0.1) is 0 Å². The van der Waals surface area contributed by atoms with Gasteiger partial charge in [0.2, 0.25) is 0 Å². The molecule has 18 heavy (non-hydrogen) atoms. The van der Waals surface area contributed by atoms with Gasteiger partial charge in [-0.3, -0.25) is 0 Å². The predicted octanol–water partition coefficient (Wildman–Crippen LogP) is 1.27. The van der Waals surface area contributed by atoms with E-state index in [9.17, 15) is 4.79 Å². The maximum Gasteiger partial charge on any atom is 0.404 e. The van der Waals surface area contributed by atoms with Crippen LogP contribution in [-0.2, 0) is 6.54 Å². The predicted molar refractivity (Wildman–Crippen MR) is 65.6 cm³/mol. The van der Waals surface area contributed by atoms with Crippen LogP contribution in [0.2, 0.25) is 5.02 Å². The van der Waals surface area contributed by atoms with Gasteiger partial charge in [-0.05, 0) is 6.07 Å². The number of nitrogens with zero attached hydrogens (tertiary/aromatic N) is 3. The summed E-state index contributed by atoms with van der Waals surface area (Å²) in [5, 5.41) is 15.1. The first-order chi connectivity index (χ1) is 8.56. The summed E-state index contributed by atoms with van der Waals surface area (Å²) in [6.07, 6.45) is 3.55. The molecule has 4 N–H and O–H groups in total. The van der Waals surface area contributed by atoms with Gasteiger partial charge in [0.1, 0.15) is 0 Å². The van der Waals surface area contributed by atoms with Crippen molar-refractivity contribution in [2.45, 2.75) is 6.54 Å². The Labute approximate surface area is 107 Å². The van der Waals surface area contributed by atoms with E-state index >= 15 is 0 Å². The maximum absolute atomic E-state index is 10.4. The van der Waals surface area contributed by atoms with Crippen LogP contribution in [0, 0.1) is 0 Å². The fourth-order valence-electron chi connectivity index (χ4n) is 1.36. The van der Waals surface area contributed by atoms with Gasteiger partial charge in [-0.1, -0.05) is 11.6 Å². The number of nitrogen functional groups attached to an aromatic ring is 1. The summed E-state index contributed by atoms with van der Waals surface area (Å²) in [7, 11) is 0. The van der Waals surface area contributed by atoms with Gasteiger partial charge in [0.05, 0.1) is 23.1 Å². The number of nitrogens with one attached hydrogen (secondary N) is 1. The standard InChI is InChI=1S/C10H10ClN5O2/c11-8-1-7(12)4-13-9(8)16-5-6(3-15-16)2-14-10(17)18/h1,3-5,14H,2,12H2,(H,17,18). The molecule has 2 rings (SSSR count). The quantitative estimate of drug-likeness (QED) is 0.776. The normalized spacial score (nSPS) is 10.3. The van der Waals surface area contributed by atoms with Gasteiger partial charge in [-0.2, -0.15) is 5.10 Å². The molecule has 2 heterocycles. The van der Waals surface area contributed by atoms with Crippen molar-refractivity contribution >= 4 is 23.4 Å². The zero-order valence-electron chi connectivity index (χ0n) is 9.17. The average molecular weight is 268 g/mol. The van der Waals surface area contributed by atoms with Crippen molar-refractivity contribution in [2.24, 2.45) is 0 Å². The zero-order chi connectivity index (χ0) is 13.1. The van der Waals surface area contributed by atoms with E-state index < -0.39 is 6.09 Å². The lowest BCUT2D eigenvalue weighted by Gasteiger charge is -2.03. The molecule has 0 aliphatic carbocycles. The number of rotatable bonds is 3. The molecule has 2 aromatic heterocycles. The molecule has 0 saturated carbocycles. The third-order valence-corrected chi connectivity index (χ3v) is 2.42. The van der Waals surface area contributed by atoms with Crippen molar-refractivity contribution in [3.05, 3.63) is 35.2 Å². The summed E-state index contributed by atoms with van der Waals surface area (Å²) in [5.74, 6) is 0.437. The summed E-state index contributed by atoms with van der Waals surface area (Å²) in [5.41, 5.74) is 6.70. The molecule has 0 radical (unpaired) electrons. The number of hydrogen-bond donors (Lipinski definition) is 3. The molecule has 7 nitrogen and oxygen atoms in total. The van der Waals surface area contributed by atoms with E-state index in [0.29, 0.717) is 22.1 Å². The Morgan fingerprint density at radius 2 is 2.33 bits per heavy atom. The Hall–Kier alpha value is -2.28. The molecule has 0 saturated heterocycles. The van der Waals surface area contributed by atoms with Crippen LogP contribution in [0.15, 0.2) is 24.7 Å². The highest BCUT2D eigenvalue weighted by Gasteiger charge is 2.07. The number of carbonyl (C=O) groups is 1. The molecule has 0 spiro atoms. The number of halogens is 1. The van der Waals surface area contributed by atoms with Gasteiger partial charge in [0.25, 0.3) is 0 Å². The number of nitrogens with two attached hydrogens (primary N) is 1. The minimum Gasteiger partial charge on any atom is -0.465 e. The third kappa shape index (κ3) is 2.69. The SMILES string of the molecule is Nc1cnc(-n2cc(CNC(=O)O)cn2)c(Cl)c1. The molecular weight excluding hydrogens is 258 g/mol. The first kappa shape index (κ1) is 12.2. The average Bonchev–Trinajstić information content (AvgIpc) is 2.75. The summed E-state index contributed by atoms with van der Waals surface area (Å²) in [4.78, 5) is 14.4. The Morgan fingerprint density at radius 1 is 1.56 bits per heavy atom. The van der Waals surface area contributed by atoms with Crippen molar-refractivity contribution < 1.29 is 9.90 Å². The van der Waals surface area contributed by atoms with Crippen molar-refractivity contribution in [2.75, 3.05) is 5.73 Å². The number of aromatic nitrogens is 3. The molecule has 0 bridgehead atoms. The highest BCUT2D eigenvalue weighted by molar-refractivity contribution is 6.32. The van der Waals surface area contributed by atoms with E-state index in [1.54, 1.807) is 12.3 Å². The summed E-state index contributed by atoms with van der Waals surface area (Å²) < 4.78 is 1.46. The van der Waals surface area contributed by atoms with Gasteiger partial charge in [-0.25, -0.2) is 14.5 Å². The molecule has 0 aliphatic heterocycles. The van der Waals surface area contributed by atoms with E-state index in [0.717, 1.165) is 0 Å². The fourth-order valence-corrected chi connectivity index (χ4v) is 1.62. The maximum atomic E-state index is 10.4. The van der Waals surface area contributed by atoms with Crippen LogP contribution < -0.4 is 11.1 Å². The number of pyridine rings is 1. The lowest BCUT2D eigenvalue weighted by molar-refractivity contribution is 0.194. The van der Waals surface area contributed by atoms with E-state index in [1.807, 2.05) is 0 Å². The molecule has 0 atom stereocenters. The monoisotopic (exact) mass is 267 g/mol. The third-order valence-electron chi connectivity index (χ3n) is 2.14. The van der Waals surface area contributed by atoms with E-state index in [1.165, 1.54) is 17.1 Å². The van der Waals surface area contributed by atoms with Gasteiger partial charge < -0.3 is 16.2 Å². The number of hydrogen-bond acceptors (Lipinski definition) is 4. The first-order valence-electron chi connectivity index (χ1n) is 4.98. The van der Waals surface area contributed by atoms with Crippen LogP contribution in [0.3, 0.4) is 0 Å². The lowest BCUT2D eigenvalue weighted by Crippen LogP contribution is -2.19. The second kappa shape index (κ2) is 4.92. The molecule has 94 valence electrons. The highest BCUT2D eigenvalue weighted by Crippen LogP contribution is 2.19. The van der Waals surface area contributed by atoms with Crippen LogP contribution in [0.4, 0.5) is 10.5 Å².